The molecule has 0 radical (unpaired) electrons. The lowest BCUT2D eigenvalue weighted by molar-refractivity contribution is -0.141. The van der Waals surface area contributed by atoms with E-state index in [4.69, 9.17) is 22.3 Å². The fourth-order valence-corrected chi connectivity index (χ4v) is 2.49. The molecule has 4 unspecified atom stereocenters. The summed E-state index contributed by atoms with van der Waals surface area (Å²) in [5.41, 5.74) is 16.2. The first kappa shape index (κ1) is 26.8. The van der Waals surface area contributed by atoms with E-state index in [0.717, 1.165) is 0 Å². The molecule has 4 atom stereocenters. The topological polar surface area (TPSA) is 215 Å². The van der Waals surface area contributed by atoms with Gasteiger partial charge in [-0.05, 0) is 19.8 Å². The lowest BCUT2D eigenvalue weighted by Crippen LogP contribution is -2.57. The molecule has 3 amide bonds. The van der Waals surface area contributed by atoms with E-state index in [1.54, 1.807) is 0 Å². The molecule has 0 aromatic heterocycles. The van der Waals surface area contributed by atoms with Crippen molar-refractivity contribution in [3.8, 4) is 0 Å². The van der Waals surface area contributed by atoms with E-state index < -0.39 is 47.9 Å². The van der Waals surface area contributed by atoms with Crippen LogP contribution in [0.5, 0.6) is 0 Å². The van der Waals surface area contributed by atoms with Gasteiger partial charge in [0.1, 0.15) is 18.1 Å². The number of carbonyl (C=O) groups excluding carboxylic acids is 3. The molecule has 0 fully saturated rings. The van der Waals surface area contributed by atoms with Gasteiger partial charge in [0.05, 0.1) is 6.04 Å². The smallest absolute Gasteiger partial charge is 0.327 e. The van der Waals surface area contributed by atoms with Crippen molar-refractivity contribution in [1.29, 1.82) is 0 Å². The van der Waals surface area contributed by atoms with Crippen LogP contribution in [0, 0.1) is 0 Å². The summed E-state index contributed by atoms with van der Waals surface area (Å²) in [6, 6.07) is -4.16. The Balaban J connectivity index is 4.63. The number of amides is 3. The summed E-state index contributed by atoms with van der Waals surface area (Å²) in [6.45, 7) is 1.69. The molecular formula is C15H29N7O5S2. The lowest BCUT2D eigenvalue weighted by atomic mass is 10.1. The minimum Gasteiger partial charge on any atom is -0.480 e. The standard InChI is InChI=1S/C15H29N7O5S2/c1-7(11(23)22-10(6-29)14(26)27)20-13(25)9(5-28)21-12(24)8(16)3-2-4-19-15(17)18/h7-10,28-29H,2-6,16H2,1H3,(H,20,25)(H,21,24)(H,22,23)(H,26,27)(H4,17,18,19). The van der Waals surface area contributed by atoms with Crippen molar-refractivity contribution < 1.29 is 24.3 Å². The molecule has 0 aromatic carbocycles. The average molecular weight is 452 g/mol. The summed E-state index contributed by atoms with van der Waals surface area (Å²) in [5, 5.41) is 16.0. The predicted molar refractivity (Wildman–Crippen MR) is 115 cm³/mol. The Kier molecular flexibility index (Phi) is 12.8. The molecule has 0 bridgehead atoms. The van der Waals surface area contributed by atoms with Crippen molar-refractivity contribution in [3.05, 3.63) is 0 Å². The third-order valence-corrected chi connectivity index (χ3v) is 4.40. The van der Waals surface area contributed by atoms with Crippen LogP contribution in [0.2, 0.25) is 0 Å². The van der Waals surface area contributed by atoms with Crippen molar-refractivity contribution in [2.45, 2.75) is 43.9 Å². The average Bonchev–Trinajstić information content (AvgIpc) is 2.65. The van der Waals surface area contributed by atoms with E-state index >= 15 is 0 Å². The maximum Gasteiger partial charge on any atom is 0.327 e. The number of nitrogens with one attached hydrogen (secondary N) is 3. The number of hydrogen-bond donors (Lipinski definition) is 9. The zero-order valence-electron chi connectivity index (χ0n) is 16.0. The van der Waals surface area contributed by atoms with E-state index in [0.29, 0.717) is 19.4 Å². The highest BCUT2D eigenvalue weighted by Crippen LogP contribution is 1.99. The second-order valence-corrected chi connectivity index (χ2v) is 6.84. The summed E-state index contributed by atoms with van der Waals surface area (Å²) in [4.78, 5) is 51.2. The summed E-state index contributed by atoms with van der Waals surface area (Å²) in [7, 11) is 0. The second kappa shape index (κ2) is 13.9. The Morgan fingerprint density at radius 3 is 2.00 bits per heavy atom. The Morgan fingerprint density at radius 1 is 0.966 bits per heavy atom. The number of carbonyl (C=O) groups is 4. The highest BCUT2D eigenvalue weighted by atomic mass is 32.1. The molecule has 0 spiro atoms. The molecule has 10 N–H and O–H groups in total. The van der Waals surface area contributed by atoms with Crippen LogP contribution in [-0.4, -0.2) is 77.0 Å². The second-order valence-electron chi connectivity index (χ2n) is 6.11. The van der Waals surface area contributed by atoms with Crippen LogP contribution in [0.4, 0.5) is 0 Å². The normalized spacial score (nSPS) is 14.6. The number of aliphatic imine (C=N–C) groups is 1. The molecule has 14 heteroatoms. The van der Waals surface area contributed by atoms with Gasteiger partial charge >= 0.3 is 5.97 Å². The van der Waals surface area contributed by atoms with Crippen LogP contribution in [0.25, 0.3) is 0 Å². The van der Waals surface area contributed by atoms with Crippen LogP contribution in [0.15, 0.2) is 4.99 Å². The van der Waals surface area contributed by atoms with Crippen LogP contribution in [0.3, 0.4) is 0 Å². The molecule has 0 heterocycles. The van der Waals surface area contributed by atoms with E-state index in [9.17, 15) is 19.2 Å². The van der Waals surface area contributed by atoms with Gasteiger partial charge in [-0.15, -0.1) is 0 Å². The summed E-state index contributed by atoms with van der Waals surface area (Å²) in [6.07, 6.45) is 0.764. The number of thiol groups is 2. The zero-order chi connectivity index (χ0) is 22.6. The molecule has 0 aliphatic rings. The van der Waals surface area contributed by atoms with Crippen LogP contribution in [0.1, 0.15) is 19.8 Å². The molecule has 166 valence electrons. The predicted octanol–water partition coefficient (Wildman–Crippen LogP) is -3.21. The van der Waals surface area contributed by atoms with E-state index in [1.807, 2.05) is 0 Å². The van der Waals surface area contributed by atoms with Gasteiger partial charge in [0.2, 0.25) is 17.7 Å². The van der Waals surface area contributed by atoms with Crippen LogP contribution in [-0.2, 0) is 19.2 Å². The van der Waals surface area contributed by atoms with Gasteiger partial charge in [-0.2, -0.15) is 25.3 Å². The molecule has 12 nitrogen and oxygen atoms in total. The molecule has 0 rings (SSSR count). The van der Waals surface area contributed by atoms with Gasteiger partial charge in [0.15, 0.2) is 5.96 Å². The zero-order valence-corrected chi connectivity index (χ0v) is 17.8. The maximum absolute atomic E-state index is 12.3. The Hall–Kier alpha value is -2.19. The SMILES string of the molecule is CC(NC(=O)C(CS)NC(=O)C(N)CCCN=C(N)N)C(=O)NC(CS)C(=O)O. The number of aliphatic carboxylic acids is 1. The van der Waals surface area contributed by atoms with Crippen LogP contribution < -0.4 is 33.2 Å². The van der Waals surface area contributed by atoms with E-state index in [-0.39, 0.29) is 17.5 Å². The van der Waals surface area contributed by atoms with Crippen molar-refractivity contribution >= 4 is 54.9 Å². The highest BCUT2D eigenvalue weighted by Gasteiger charge is 2.27. The summed E-state index contributed by atoms with van der Waals surface area (Å²) in [5.74, 6) is -3.40. The molecule has 0 aliphatic heterocycles. The van der Waals surface area contributed by atoms with Crippen molar-refractivity contribution in [2.24, 2.45) is 22.2 Å². The molecule has 0 aliphatic carbocycles. The first-order chi connectivity index (χ1) is 13.5. The Morgan fingerprint density at radius 2 is 1.52 bits per heavy atom. The third-order valence-electron chi connectivity index (χ3n) is 3.67. The van der Waals surface area contributed by atoms with E-state index in [1.165, 1.54) is 6.92 Å². The van der Waals surface area contributed by atoms with E-state index in [2.05, 4.69) is 46.2 Å². The number of guanidine groups is 1. The van der Waals surface area contributed by atoms with Gasteiger partial charge in [0, 0.05) is 18.1 Å². The molecule has 0 saturated heterocycles. The molecular weight excluding hydrogens is 422 g/mol. The third kappa shape index (κ3) is 10.8. The number of nitrogens with two attached hydrogens (primary N) is 3. The lowest BCUT2D eigenvalue weighted by Gasteiger charge is -2.22. The minimum absolute atomic E-state index is 0.0407. The fraction of sp³-hybridized carbons (Fsp3) is 0.667. The van der Waals surface area contributed by atoms with Gasteiger partial charge < -0.3 is 38.3 Å². The first-order valence-electron chi connectivity index (χ1n) is 8.70. The molecule has 29 heavy (non-hydrogen) atoms. The van der Waals surface area contributed by atoms with Gasteiger partial charge in [0.25, 0.3) is 0 Å². The molecule has 0 saturated carbocycles. The van der Waals surface area contributed by atoms with Crippen molar-refractivity contribution in [2.75, 3.05) is 18.1 Å². The fourth-order valence-electron chi connectivity index (χ4n) is 1.99. The maximum atomic E-state index is 12.3. The van der Waals surface area contributed by atoms with Gasteiger partial charge in [-0.3, -0.25) is 19.4 Å². The number of hydrogen-bond acceptors (Lipinski definition) is 8. The number of carboxylic acid groups (broad SMARTS) is 1. The highest BCUT2D eigenvalue weighted by molar-refractivity contribution is 7.80. The summed E-state index contributed by atoms with van der Waals surface area (Å²) >= 11 is 7.87. The first-order valence-corrected chi connectivity index (χ1v) is 9.96. The van der Waals surface area contributed by atoms with Crippen molar-refractivity contribution in [3.63, 3.8) is 0 Å². The number of carboxylic acids is 1. The van der Waals surface area contributed by atoms with Crippen LogP contribution >= 0.6 is 25.3 Å². The quantitative estimate of drug-likeness (QED) is 0.0599. The Labute approximate surface area is 179 Å². The Bertz CT molecular complexity index is 616. The monoisotopic (exact) mass is 451 g/mol. The van der Waals surface area contributed by atoms with Gasteiger partial charge in [-0.1, -0.05) is 0 Å². The largest absolute Gasteiger partial charge is 0.480 e. The molecule has 0 aromatic rings. The summed E-state index contributed by atoms with van der Waals surface area (Å²) < 4.78 is 0. The number of nitrogens with zero attached hydrogens (tertiary/aromatic N) is 1. The number of rotatable bonds is 13. The minimum atomic E-state index is -1.25. The van der Waals surface area contributed by atoms with Crippen molar-refractivity contribution in [1.82, 2.24) is 16.0 Å². The van der Waals surface area contributed by atoms with Gasteiger partial charge in [-0.25, -0.2) is 4.79 Å².